The summed E-state index contributed by atoms with van der Waals surface area (Å²) >= 11 is 0. The van der Waals surface area contributed by atoms with Crippen LogP contribution in [0.25, 0.3) is 0 Å². The molecule has 0 amide bonds. The third-order valence-electron chi connectivity index (χ3n) is 2.67. The van der Waals surface area contributed by atoms with Crippen LogP contribution in [-0.2, 0) is 26.1 Å². The van der Waals surface area contributed by atoms with E-state index in [9.17, 15) is 13.2 Å². The van der Waals surface area contributed by atoms with Gasteiger partial charge in [-0.25, -0.2) is 8.42 Å². The molecule has 20 heavy (non-hydrogen) atoms. The summed E-state index contributed by atoms with van der Waals surface area (Å²) in [4.78, 5) is 11.6. The summed E-state index contributed by atoms with van der Waals surface area (Å²) in [5.74, 6) is -0.498. The minimum atomic E-state index is -3.45. The Morgan fingerprint density at radius 3 is 2.40 bits per heavy atom. The Labute approximate surface area is 120 Å². The molecule has 0 saturated carbocycles. The number of sulfonamides is 1. The van der Waals surface area contributed by atoms with Crippen LogP contribution in [0.3, 0.4) is 0 Å². The SMILES string of the molecule is CCCS(=O)(=O)N(CC(=O)OCC)Cc1ccccc1. The van der Waals surface area contributed by atoms with E-state index in [1.165, 1.54) is 4.31 Å². The third kappa shape index (κ3) is 5.30. The fraction of sp³-hybridized carbons (Fsp3) is 0.500. The van der Waals surface area contributed by atoms with Crippen molar-refractivity contribution in [2.45, 2.75) is 26.8 Å². The molecule has 0 bridgehead atoms. The van der Waals surface area contributed by atoms with Crippen molar-refractivity contribution in [1.29, 1.82) is 0 Å². The van der Waals surface area contributed by atoms with Gasteiger partial charge in [0.15, 0.2) is 0 Å². The summed E-state index contributed by atoms with van der Waals surface area (Å²) in [6.45, 7) is 3.67. The summed E-state index contributed by atoms with van der Waals surface area (Å²) in [5.41, 5.74) is 0.844. The number of benzene rings is 1. The molecule has 0 N–H and O–H groups in total. The Hall–Kier alpha value is -1.40. The van der Waals surface area contributed by atoms with Crippen molar-refractivity contribution in [2.24, 2.45) is 0 Å². The van der Waals surface area contributed by atoms with E-state index in [0.717, 1.165) is 5.56 Å². The first-order valence-corrected chi connectivity index (χ1v) is 8.28. The molecule has 0 aliphatic rings. The first-order valence-electron chi connectivity index (χ1n) is 6.67. The lowest BCUT2D eigenvalue weighted by atomic mass is 10.2. The minimum Gasteiger partial charge on any atom is -0.465 e. The van der Waals surface area contributed by atoms with E-state index < -0.39 is 16.0 Å². The van der Waals surface area contributed by atoms with Gasteiger partial charge in [0, 0.05) is 6.54 Å². The van der Waals surface area contributed by atoms with E-state index >= 15 is 0 Å². The van der Waals surface area contributed by atoms with Crippen LogP contribution in [0.1, 0.15) is 25.8 Å². The van der Waals surface area contributed by atoms with E-state index in [0.29, 0.717) is 6.42 Å². The summed E-state index contributed by atoms with van der Waals surface area (Å²) < 4.78 is 30.4. The van der Waals surface area contributed by atoms with Gasteiger partial charge in [0.05, 0.1) is 12.4 Å². The molecular formula is C14H21NO4S. The summed E-state index contributed by atoms with van der Waals surface area (Å²) in [6.07, 6.45) is 0.510. The van der Waals surface area contributed by atoms with Crippen molar-refractivity contribution < 1.29 is 17.9 Å². The molecule has 5 nitrogen and oxygen atoms in total. The number of hydrogen-bond donors (Lipinski definition) is 0. The lowest BCUT2D eigenvalue weighted by Crippen LogP contribution is -2.37. The molecule has 0 aliphatic carbocycles. The van der Waals surface area contributed by atoms with Gasteiger partial charge in [-0.05, 0) is 18.9 Å². The number of carbonyl (C=O) groups excluding carboxylic acids is 1. The summed E-state index contributed by atoms with van der Waals surface area (Å²) in [5, 5.41) is 0. The van der Waals surface area contributed by atoms with Gasteiger partial charge < -0.3 is 4.74 Å². The maximum atomic E-state index is 12.2. The molecule has 6 heteroatoms. The largest absolute Gasteiger partial charge is 0.465 e. The number of esters is 1. The average Bonchev–Trinajstić information content (AvgIpc) is 2.39. The number of carbonyl (C=O) groups is 1. The van der Waals surface area contributed by atoms with E-state index in [-0.39, 0.29) is 25.4 Å². The highest BCUT2D eigenvalue weighted by Crippen LogP contribution is 2.11. The van der Waals surface area contributed by atoms with Gasteiger partial charge in [-0.2, -0.15) is 4.31 Å². The van der Waals surface area contributed by atoms with Gasteiger partial charge in [-0.1, -0.05) is 37.3 Å². The molecule has 0 radical (unpaired) electrons. The first-order chi connectivity index (χ1) is 9.49. The molecule has 1 rings (SSSR count). The van der Waals surface area contributed by atoms with Gasteiger partial charge in [-0.3, -0.25) is 4.79 Å². The lowest BCUT2D eigenvalue weighted by molar-refractivity contribution is -0.143. The van der Waals surface area contributed by atoms with Crippen molar-refractivity contribution in [3.05, 3.63) is 35.9 Å². The van der Waals surface area contributed by atoms with Crippen molar-refractivity contribution >= 4 is 16.0 Å². The molecule has 1 aromatic carbocycles. The summed E-state index contributed by atoms with van der Waals surface area (Å²) in [6, 6.07) is 9.20. The number of hydrogen-bond acceptors (Lipinski definition) is 4. The smallest absolute Gasteiger partial charge is 0.321 e. The van der Waals surface area contributed by atoms with Crippen LogP contribution in [0, 0.1) is 0 Å². The molecule has 0 atom stereocenters. The van der Waals surface area contributed by atoms with Gasteiger partial charge in [0.25, 0.3) is 0 Å². The zero-order chi connectivity index (χ0) is 15.0. The van der Waals surface area contributed by atoms with E-state index in [1.54, 1.807) is 13.8 Å². The molecule has 0 heterocycles. The van der Waals surface area contributed by atoms with Crippen LogP contribution in [0.2, 0.25) is 0 Å². The second-order valence-electron chi connectivity index (χ2n) is 4.37. The highest BCUT2D eigenvalue weighted by Gasteiger charge is 2.24. The maximum absolute atomic E-state index is 12.2. The predicted molar refractivity (Wildman–Crippen MR) is 77.6 cm³/mol. The number of ether oxygens (including phenoxy) is 1. The Kier molecular flexibility index (Phi) is 6.67. The zero-order valence-corrected chi connectivity index (χ0v) is 12.7. The first kappa shape index (κ1) is 16.7. The molecule has 0 spiro atoms. The Morgan fingerprint density at radius 2 is 1.85 bits per heavy atom. The summed E-state index contributed by atoms with van der Waals surface area (Å²) in [7, 11) is -3.45. The highest BCUT2D eigenvalue weighted by molar-refractivity contribution is 7.89. The van der Waals surface area contributed by atoms with Crippen LogP contribution in [0.15, 0.2) is 30.3 Å². The quantitative estimate of drug-likeness (QED) is 0.687. The lowest BCUT2D eigenvalue weighted by Gasteiger charge is -2.21. The van der Waals surface area contributed by atoms with Gasteiger partial charge >= 0.3 is 5.97 Å². The van der Waals surface area contributed by atoms with Gasteiger partial charge in [-0.15, -0.1) is 0 Å². The van der Waals surface area contributed by atoms with E-state index in [4.69, 9.17) is 4.74 Å². The number of rotatable bonds is 8. The van der Waals surface area contributed by atoms with Gasteiger partial charge in [0.1, 0.15) is 6.54 Å². The fourth-order valence-electron chi connectivity index (χ4n) is 1.78. The molecule has 0 aromatic heterocycles. The van der Waals surface area contributed by atoms with Crippen molar-refractivity contribution in [2.75, 3.05) is 18.9 Å². The third-order valence-corrected chi connectivity index (χ3v) is 4.64. The molecule has 0 unspecified atom stereocenters. The molecule has 0 saturated heterocycles. The Morgan fingerprint density at radius 1 is 1.20 bits per heavy atom. The van der Waals surface area contributed by atoms with Crippen LogP contribution in [-0.4, -0.2) is 37.6 Å². The fourth-order valence-corrected chi connectivity index (χ4v) is 3.20. The molecule has 1 aromatic rings. The van der Waals surface area contributed by atoms with Crippen molar-refractivity contribution in [3.63, 3.8) is 0 Å². The molecular weight excluding hydrogens is 278 g/mol. The van der Waals surface area contributed by atoms with Crippen LogP contribution < -0.4 is 0 Å². The molecule has 0 aliphatic heterocycles. The van der Waals surface area contributed by atoms with Crippen molar-refractivity contribution in [3.8, 4) is 0 Å². The van der Waals surface area contributed by atoms with E-state index in [1.807, 2.05) is 30.3 Å². The molecule has 112 valence electrons. The molecule has 0 fully saturated rings. The standard InChI is InChI=1S/C14H21NO4S/c1-3-10-20(17,18)15(12-14(16)19-4-2)11-13-8-6-5-7-9-13/h5-9H,3-4,10-12H2,1-2H3. The predicted octanol–water partition coefficient (Wildman–Crippen LogP) is 1.79. The Balaban J connectivity index is 2.87. The maximum Gasteiger partial charge on any atom is 0.321 e. The Bertz CT molecular complexity index is 513. The van der Waals surface area contributed by atoms with Gasteiger partial charge in [0.2, 0.25) is 10.0 Å². The van der Waals surface area contributed by atoms with Crippen LogP contribution in [0.5, 0.6) is 0 Å². The normalized spacial score (nSPS) is 11.6. The average molecular weight is 299 g/mol. The monoisotopic (exact) mass is 299 g/mol. The van der Waals surface area contributed by atoms with E-state index in [2.05, 4.69) is 0 Å². The second-order valence-corrected chi connectivity index (χ2v) is 6.46. The van der Waals surface area contributed by atoms with Crippen LogP contribution in [0.4, 0.5) is 0 Å². The zero-order valence-electron chi connectivity index (χ0n) is 11.9. The highest BCUT2D eigenvalue weighted by atomic mass is 32.2. The number of nitrogens with zero attached hydrogens (tertiary/aromatic N) is 1. The minimum absolute atomic E-state index is 0.0270. The second kappa shape index (κ2) is 8.01. The topological polar surface area (TPSA) is 63.7 Å². The van der Waals surface area contributed by atoms with Crippen LogP contribution >= 0.6 is 0 Å². The van der Waals surface area contributed by atoms with Crippen molar-refractivity contribution in [1.82, 2.24) is 4.31 Å².